The van der Waals surface area contributed by atoms with Gasteiger partial charge in [-0.25, -0.2) is 8.42 Å². The third-order valence-electron chi connectivity index (χ3n) is 4.40. The Bertz CT molecular complexity index is 675. The molecule has 0 aliphatic carbocycles. The van der Waals surface area contributed by atoms with Crippen molar-refractivity contribution < 1.29 is 17.9 Å². The van der Waals surface area contributed by atoms with Gasteiger partial charge < -0.3 is 14.5 Å². The van der Waals surface area contributed by atoms with E-state index in [1.54, 1.807) is 12.1 Å². The molecule has 2 fully saturated rings. The number of benzene rings is 1. The number of para-hydroxylation sites is 1. The number of ether oxygens (including phenoxy) is 1. The molecular formula is C16H22N2O4S. The molecule has 126 valence electrons. The number of piperazine rings is 1. The molecule has 0 unspecified atom stereocenters. The monoisotopic (exact) mass is 338 g/mol. The molecule has 1 atom stereocenters. The molecule has 2 heterocycles. The maximum absolute atomic E-state index is 12.4. The third-order valence-corrected chi connectivity index (χ3v) is 5.55. The number of hydrogen-bond donors (Lipinski definition) is 0. The van der Waals surface area contributed by atoms with E-state index < -0.39 is 9.84 Å². The van der Waals surface area contributed by atoms with Crippen molar-refractivity contribution in [3.8, 4) is 0 Å². The average Bonchev–Trinajstić information content (AvgIpc) is 3.08. The number of sulfone groups is 1. The summed E-state index contributed by atoms with van der Waals surface area (Å²) in [7, 11) is -3.27. The SMILES string of the molecule is CS(=O)(=O)c1ccccc1N1CCN(C(=O)[C@@H]2CCCO2)CC1. The highest BCUT2D eigenvalue weighted by molar-refractivity contribution is 7.90. The summed E-state index contributed by atoms with van der Waals surface area (Å²) < 4.78 is 29.3. The van der Waals surface area contributed by atoms with Gasteiger partial charge in [0.05, 0.1) is 10.6 Å². The highest BCUT2D eigenvalue weighted by Crippen LogP contribution is 2.26. The fourth-order valence-corrected chi connectivity index (χ4v) is 4.08. The van der Waals surface area contributed by atoms with Crippen molar-refractivity contribution in [3.05, 3.63) is 24.3 Å². The number of carbonyl (C=O) groups excluding carboxylic acids is 1. The van der Waals surface area contributed by atoms with Gasteiger partial charge in [0.2, 0.25) is 0 Å². The van der Waals surface area contributed by atoms with E-state index in [0.29, 0.717) is 37.7 Å². The lowest BCUT2D eigenvalue weighted by Gasteiger charge is -2.37. The molecule has 1 amide bonds. The first kappa shape index (κ1) is 16.3. The van der Waals surface area contributed by atoms with Crippen LogP contribution in [0.5, 0.6) is 0 Å². The van der Waals surface area contributed by atoms with Gasteiger partial charge in [-0.2, -0.15) is 0 Å². The Morgan fingerprint density at radius 1 is 1.17 bits per heavy atom. The van der Waals surface area contributed by atoms with E-state index in [2.05, 4.69) is 0 Å². The van der Waals surface area contributed by atoms with Crippen molar-refractivity contribution in [2.75, 3.05) is 43.9 Å². The summed E-state index contributed by atoms with van der Waals surface area (Å²) in [6, 6.07) is 7.04. The van der Waals surface area contributed by atoms with Crippen LogP contribution in [0.25, 0.3) is 0 Å². The average molecular weight is 338 g/mol. The molecule has 0 saturated carbocycles. The Morgan fingerprint density at radius 3 is 2.48 bits per heavy atom. The van der Waals surface area contributed by atoms with Crippen LogP contribution in [-0.2, 0) is 19.4 Å². The van der Waals surface area contributed by atoms with Gasteiger partial charge in [0, 0.05) is 39.0 Å². The van der Waals surface area contributed by atoms with Gasteiger partial charge in [0.1, 0.15) is 6.10 Å². The predicted octanol–water partition coefficient (Wildman–Crippen LogP) is 0.918. The molecule has 2 aliphatic heterocycles. The smallest absolute Gasteiger partial charge is 0.251 e. The third kappa shape index (κ3) is 3.50. The van der Waals surface area contributed by atoms with Crippen LogP contribution >= 0.6 is 0 Å². The minimum Gasteiger partial charge on any atom is -0.368 e. The van der Waals surface area contributed by atoms with Crippen LogP contribution in [0.15, 0.2) is 29.2 Å². The lowest BCUT2D eigenvalue weighted by molar-refractivity contribution is -0.141. The van der Waals surface area contributed by atoms with E-state index in [9.17, 15) is 13.2 Å². The van der Waals surface area contributed by atoms with E-state index in [1.807, 2.05) is 21.9 Å². The highest BCUT2D eigenvalue weighted by atomic mass is 32.2. The number of nitrogens with zero attached hydrogens (tertiary/aromatic N) is 2. The minimum absolute atomic E-state index is 0.0681. The summed E-state index contributed by atoms with van der Waals surface area (Å²) in [5.74, 6) is 0.0681. The van der Waals surface area contributed by atoms with Crippen molar-refractivity contribution in [3.63, 3.8) is 0 Å². The van der Waals surface area contributed by atoms with Crippen LogP contribution in [0.4, 0.5) is 5.69 Å². The van der Waals surface area contributed by atoms with Crippen molar-refractivity contribution >= 4 is 21.4 Å². The second-order valence-corrected chi connectivity index (χ2v) is 8.04. The molecule has 6 nitrogen and oxygen atoms in total. The maximum Gasteiger partial charge on any atom is 0.251 e. The number of carbonyl (C=O) groups is 1. The molecule has 1 aromatic rings. The first-order valence-corrected chi connectivity index (χ1v) is 9.80. The van der Waals surface area contributed by atoms with Gasteiger partial charge in [-0.15, -0.1) is 0 Å². The van der Waals surface area contributed by atoms with Crippen LogP contribution in [-0.4, -0.2) is 64.4 Å². The zero-order valence-corrected chi connectivity index (χ0v) is 14.1. The van der Waals surface area contributed by atoms with E-state index in [4.69, 9.17) is 4.74 Å². The van der Waals surface area contributed by atoms with E-state index >= 15 is 0 Å². The Morgan fingerprint density at radius 2 is 1.87 bits per heavy atom. The molecule has 7 heteroatoms. The summed E-state index contributed by atoms with van der Waals surface area (Å²) in [5.41, 5.74) is 0.721. The van der Waals surface area contributed by atoms with Gasteiger partial charge in [0.25, 0.3) is 5.91 Å². The fraction of sp³-hybridized carbons (Fsp3) is 0.562. The molecular weight excluding hydrogens is 316 g/mol. The molecule has 3 rings (SSSR count). The van der Waals surface area contributed by atoms with E-state index in [1.165, 1.54) is 6.26 Å². The van der Waals surface area contributed by atoms with Crippen LogP contribution < -0.4 is 4.90 Å². The second-order valence-electron chi connectivity index (χ2n) is 6.05. The molecule has 2 saturated heterocycles. The quantitative estimate of drug-likeness (QED) is 0.820. The van der Waals surface area contributed by atoms with Crippen LogP contribution in [0.3, 0.4) is 0 Å². The van der Waals surface area contributed by atoms with Crippen molar-refractivity contribution in [2.45, 2.75) is 23.8 Å². The number of anilines is 1. The molecule has 0 N–H and O–H groups in total. The summed E-state index contributed by atoms with van der Waals surface area (Å²) in [6.07, 6.45) is 2.68. The topological polar surface area (TPSA) is 66.9 Å². The number of amides is 1. The predicted molar refractivity (Wildman–Crippen MR) is 87.3 cm³/mol. The highest BCUT2D eigenvalue weighted by Gasteiger charge is 2.31. The van der Waals surface area contributed by atoms with E-state index in [-0.39, 0.29) is 12.0 Å². The molecule has 2 aliphatic rings. The summed E-state index contributed by atoms with van der Waals surface area (Å²) in [5, 5.41) is 0. The summed E-state index contributed by atoms with van der Waals surface area (Å²) in [4.78, 5) is 16.6. The Labute approximate surface area is 136 Å². The normalized spacial score (nSPS) is 22.4. The van der Waals surface area contributed by atoms with Gasteiger partial charge in [-0.1, -0.05) is 12.1 Å². The van der Waals surface area contributed by atoms with E-state index in [0.717, 1.165) is 18.5 Å². The van der Waals surface area contributed by atoms with Crippen molar-refractivity contribution in [1.82, 2.24) is 4.90 Å². The molecule has 0 aromatic heterocycles. The largest absolute Gasteiger partial charge is 0.368 e. The molecule has 0 spiro atoms. The second kappa shape index (κ2) is 6.49. The first-order valence-electron chi connectivity index (χ1n) is 7.91. The first-order chi connectivity index (χ1) is 11.0. The lowest BCUT2D eigenvalue weighted by atomic mass is 10.2. The van der Waals surface area contributed by atoms with Crippen LogP contribution in [0, 0.1) is 0 Å². The fourth-order valence-electron chi connectivity index (χ4n) is 3.18. The van der Waals surface area contributed by atoms with Gasteiger partial charge in [-0.05, 0) is 25.0 Å². The molecule has 1 aromatic carbocycles. The van der Waals surface area contributed by atoms with Gasteiger partial charge >= 0.3 is 0 Å². The van der Waals surface area contributed by atoms with Crippen molar-refractivity contribution in [1.29, 1.82) is 0 Å². The maximum atomic E-state index is 12.4. The minimum atomic E-state index is -3.27. The standard InChI is InChI=1S/C16H22N2O4S/c1-23(20,21)15-7-3-2-5-13(15)17-8-10-18(11-9-17)16(19)14-6-4-12-22-14/h2-3,5,7,14H,4,6,8-12H2,1H3/t14-/m0/s1. The van der Waals surface area contributed by atoms with Gasteiger partial charge in [0.15, 0.2) is 9.84 Å². The Kier molecular flexibility index (Phi) is 4.59. The molecule has 23 heavy (non-hydrogen) atoms. The zero-order chi connectivity index (χ0) is 16.4. The molecule has 0 radical (unpaired) electrons. The zero-order valence-electron chi connectivity index (χ0n) is 13.3. The summed E-state index contributed by atoms with van der Waals surface area (Å²) >= 11 is 0. The molecule has 0 bridgehead atoms. The van der Waals surface area contributed by atoms with Crippen LogP contribution in [0.1, 0.15) is 12.8 Å². The van der Waals surface area contributed by atoms with Crippen molar-refractivity contribution in [2.24, 2.45) is 0 Å². The lowest BCUT2D eigenvalue weighted by Crippen LogP contribution is -2.51. The van der Waals surface area contributed by atoms with Crippen LogP contribution in [0.2, 0.25) is 0 Å². The van der Waals surface area contributed by atoms with Gasteiger partial charge in [-0.3, -0.25) is 4.79 Å². The Hall–Kier alpha value is -1.60. The summed E-state index contributed by atoms with van der Waals surface area (Å²) in [6.45, 7) is 3.11. The Balaban J connectivity index is 1.69. The number of hydrogen-bond acceptors (Lipinski definition) is 5. The number of rotatable bonds is 3.